The molecule has 0 aliphatic heterocycles. The molecule has 1 atom stereocenters. The first-order chi connectivity index (χ1) is 11.5. The smallest absolute Gasteiger partial charge is 0.223 e. The zero-order chi connectivity index (χ0) is 17.1. The Balaban J connectivity index is 1.47. The van der Waals surface area contributed by atoms with E-state index in [4.69, 9.17) is 0 Å². The van der Waals surface area contributed by atoms with Crippen LogP contribution in [0.3, 0.4) is 0 Å². The maximum Gasteiger partial charge on any atom is 0.223 e. The summed E-state index contributed by atoms with van der Waals surface area (Å²) < 4.78 is 13.7. The molecule has 0 radical (unpaired) electrons. The van der Waals surface area contributed by atoms with Gasteiger partial charge in [0.15, 0.2) is 0 Å². The van der Waals surface area contributed by atoms with Gasteiger partial charge >= 0.3 is 0 Å². The van der Waals surface area contributed by atoms with Gasteiger partial charge in [-0.3, -0.25) is 4.79 Å². The van der Waals surface area contributed by atoms with Crippen molar-refractivity contribution < 1.29 is 14.3 Å². The van der Waals surface area contributed by atoms with Gasteiger partial charge in [0.2, 0.25) is 5.91 Å². The lowest BCUT2D eigenvalue weighted by Gasteiger charge is -2.36. The highest BCUT2D eigenvalue weighted by Gasteiger charge is 2.32. The van der Waals surface area contributed by atoms with Crippen LogP contribution in [0.2, 0.25) is 0 Å². The Labute approximate surface area is 149 Å². The first kappa shape index (κ1) is 17.1. The Morgan fingerprint density at radius 3 is 2.62 bits per heavy atom. The molecule has 2 N–H and O–H groups in total. The van der Waals surface area contributed by atoms with E-state index in [1.54, 1.807) is 12.1 Å². The van der Waals surface area contributed by atoms with E-state index in [0.717, 1.165) is 24.0 Å². The van der Waals surface area contributed by atoms with Crippen LogP contribution >= 0.6 is 15.9 Å². The number of hydrogen-bond donors (Lipinski definition) is 2. The number of hydrogen-bond acceptors (Lipinski definition) is 2. The summed E-state index contributed by atoms with van der Waals surface area (Å²) in [6, 6.07) is 14.4. The summed E-state index contributed by atoms with van der Waals surface area (Å²) in [7, 11) is 0. The second-order valence-corrected chi connectivity index (χ2v) is 7.09. The molecule has 0 aromatic heterocycles. The van der Waals surface area contributed by atoms with Crippen molar-refractivity contribution in [3.05, 3.63) is 69.9 Å². The van der Waals surface area contributed by atoms with Gasteiger partial charge in [0.05, 0.1) is 17.0 Å². The summed E-state index contributed by atoms with van der Waals surface area (Å²) in [4.78, 5) is 12.0. The molecule has 2 aromatic carbocycles. The summed E-state index contributed by atoms with van der Waals surface area (Å²) in [5.41, 5.74) is 1.83. The van der Waals surface area contributed by atoms with Gasteiger partial charge in [-0.25, -0.2) is 4.39 Å². The molecule has 3 rings (SSSR count). The molecule has 1 aliphatic rings. The van der Waals surface area contributed by atoms with E-state index in [1.807, 2.05) is 30.3 Å². The van der Waals surface area contributed by atoms with Gasteiger partial charge in [0.1, 0.15) is 5.82 Å². The van der Waals surface area contributed by atoms with Gasteiger partial charge in [0.25, 0.3) is 0 Å². The third kappa shape index (κ3) is 4.02. The number of benzene rings is 2. The summed E-state index contributed by atoms with van der Waals surface area (Å²) in [5, 5.41) is 13.0. The molecule has 2 aromatic rings. The molecular formula is C19H19BrFNO2. The second kappa shape index (κ2) is 7.45. The summed E-state index contributed by atoms with van der Waals surface area (Å²) in [6.07, 6.45) is 0.958. The number of nitrogens with one attached hydrogen (secondary N) is 1. The highest BCUT2D eigenvalue weighted by Crippen LogP contribution is 2.38. The number of aliphatic hydroxyl groups excluding tert-OH is 1. The Kier molecular flexibility index (Phi) is 5.31. The SMILES string of the molecule is O=C(CC(O)c1ccccc1)NC1CC(c2ccc(F)c(Br)c2)C1. The van der Waals surface area contributed by atoms with E-state index >= 15 is 0 Å². The summed E-state index contributed by atoms with van der Waals surface area (Å²) in [5.74, 6) is -0.0702. The fraction of sp³-hybridized carbons (Fsp3) is 0.316. The number of rotatable bonds is 5. The van der Waals surface area contributed by atoms with E-state index in [0.29, 0.717) is 10.4 Å². The van der Waals surface area contributed by atoms with Gasteiger partial charge in [0, 0.05) is 6.04 Å². The van der Waals surface area contributed by atoms with Crippen LogP contribution in [0.5, 0.6) is 0 Å². The predicted molar refractivity (Wildman–Crippen MR) is 94.0 cm³/mol. The third-order valence-electron chi connectivity index (χ3n) is 4.48. The van der Waals surface area contributed by atoms with Crippen LogP contribution in [0, 0.1) is 5.82 Å². The molecule has 1 unspecified atom stereocenters. The van der Waals surface area contributed by atoms with Gasteiger partial charge in [-0.05, 0) is 57.9 Å². The zero-order valence-electron chi connectivity index (χ0n) is 13.1. The van der Waals surface area contributed by atoms with Gasteiger partial charge in [-0.15, -0.1) is 0 Å². The van der Waals surface area contributed by atoms with Crippen molar-refractivity contribution in [2.24, 2.45) is 0 Å². The molecule has 24 heavy (non-hydrogen) atoms. The lowest BCUT2D eigenvalue weighted by molar-refractivity contribution is -0.124. The highest BCUT2D eigenvalue weighted by atomic mass is 79.9. The van der Waals surface area contributed by atoms with Crippen LogP contribution in [0.15, 0.2) is 53.0 Å². The molecule has 1 amide bonds. The maximum atomic E-state index is 13.3. The quantitative estimate of drug-likeness (QED) is 0.806. The number of aliphatic hydroxyl groups is 1. The number of halogens is 2. The van der Waals surface area contributed by atoms with Crippen molar-refractivity contribution >= 4 is 21.8 Å². The lowest BCUT2D eigenvalue weighted by atomic mass is 9.76. The predicted octanol–water partition coefficient (Wildman–Crippen LogP) is 4.07. The van der Waals surface area contributed by atoms with E-state index in [-0.39, 0.29) is 24.2 Å². The molecule has 3 nitrogen and oxygen atoms in total. The minimum Gasteiger partial charge on any atom is -0.388 e. The molecule has 5 heteroatoms. The summed E-state index contributed by atoms with van der Waals surface area (Å²) in [6.45, 7) is 0. The number of carbonyl (C=O) groups is 1. The Morgan fingerprint density at radius 1 is 1.25 bits per heavy atom. The first-order valence-corrected chi connectivity index (χ1v) is 8.79. The second-order valence-electron chi connectivity index (χ2n) is 6.24. The molecule has 0 heterocycles. The van der Waals surface area contributed by atoms with Crippen molar-refractivity contribution in [3.8, 4) is 0 Å². The van der Waals surface area contributed by atoms with Crippen molar-refractivity contribution in [1.29, 1.82) is 0 Å². The van der Waals surface area contributed by atoms with E-state index in [1.165, 1.54) is 6.07 Å². The number of carbonyl (C=O) groups excluding carboxylic acids is 1. The minimum absolute atomic E-state index is 0.0628. The largest absolute Gasteiger partial charge is 0.388 e. The van der Waals surface area contributed by atoms with Gasteiger partial charge < -0.3 is 10.4 Å². The van der Waals surface area contributed by atoms with Crippen LogP contribution in [0.1, 0.15) is 42.4 Å². The first-order valence-electron chi connectivity index (χ1n) is 8.00. The average molecular weight is 392 g/mol. The summed E-state index contributed by atoms with van der Waals surface area (Å²) >= 11 is 3.20. The van der Waals surface area contributed by atoms with Crippen molar-refractivity contribution in [3.63, 3.8) is 0 Å². The highest BCUT2D eigenvalue weighted by molar-refractivity contribution is 9.10. The Morgan fingerprint density at radius 2 is 1.96 bits per heavy atom. The topological polar surface area (TPSA) is 49.3 Å². The fourth-order valence-electron chi connectivity index (χ4n) is 3.03. The zero-order valence-corrected chi connectivity index (χ0v) is 14.7. The lowest BCUT2D eigenvalue weighted by Crippen LogP contribution is -2.43. The molecular weight excluding hydrogens is 373 g/mol. The molecule has 1 aliphatic carbocycles. The Bertz CT molecular complexity index is 717. The van der Waals surface area contributed by atoms with Crippen LogP contribution in [-0.4, -0.2) is 17.1 Å². The third-order valence-corrected chi connectivity index (χ3v) is 5.09. The van der Waals surface area contributed by atoms with E-state index in [9.17, 15) is 14.3 Å². The molecule has 0 spiro atoms. The average Bonchev–Trinajstić information content (AvgIpc) is 2.54. The Hall–Kier alpha value is -1.72. The van der Waals surface area contributed by atoms with E-state index < -0.39 is 6.10 Å². The van der Waals surface area contributed by atoms with Crippen molar-refractivity contribution in [2.75, 3.05) is 0 Å². The molecule has 126 valence electrons. The molecule has 0 saturated heterocycles. The fourth-order valence-corrected chi connectivity index (χ4v) is 3.43. The van der Waals surface area contributed by atoms with Gasteiger partial charge in [-0.2, -0.15) is 0 Å². The maximum absolute atomic E-state index is 13.3. The van der Waals surface area contributed by atoms with Crippen molar-refractivity contribution in [2.45, 2.75) is 37.3 Å². The van der Waals surface area contributed by atoms with Crippen LogP contribution in [0.25, 0.3) is 0 Å². The monoisotopic (exact) mass is 391 g/mol. The molecule has 0 bridgehead atoms. The number of amides is 1. The normalized spacial score (nSPS) is 21.0. The molecule has 1 saturated carbocycles. The van der Waals surface area contributed by atoms with Crippen LogP contribution < -0.4 is 5.32 Å². The minimum atomic E-state index is -0.782. The van der Waals surface area contributed by atoms with Crippen molar-refractivity contribution in [1.82, 2.24) is 5.32 Å². The van der Waals surface area contributed by atoms with E-state index in [2.05, 4.69) is 21.2 Å². The van der Waals surface area contributed by atoms with Gasteiger partial charge in [-0.1, -0.05) is 36.4 Å². The standard InChI is InChI=1S/C19H19BrFNO2/c20-16-10-13(6-7-17(16)21)14-8-15(9-14)22-19(24)11-18(23)12-4-2-1-3-5-12/h1-7,10,14-15,18,23H,8-9,11H2,(H,22,24). The van der Waals surface area contributed by atoms with Crippen LogP contribution in [0.4, 0.5) is 4.39 Å². The molecule has 1 fully saturated rings. The van der Waals surface area contributed by atoms with Crippen LogP contribution in [-0.2, 0) is 4.79 Å².